The van der Waals surface area contributed by atoms with Crippen molar-refractivity contribution in [1.82, 2.24) is 9.55 Å². The zero-order chi connectivity index (χ0) is 18.8. The van der Waals surface area contributed by atoms with Crippen molar-refractivity contribution in [2.45, 2.75) is 39.3 Å². The fourth-order valence-electron chi connectivity index (χ4n) is 3.32. The molecule has 0 fully saturated rings. The van der Waals surface area contributed by atoms with Gasteiger partial charge in [0.25, 0.3) is 0 Å². The Morgan fingerprint density at radius 3 is 2.69 bits per heavy atom. The van der Waals surface area contributed by atoms with E-state index in [0.29, 0.717) is 5.75 Å². The predicted octanol–water partition coefficient (Wildman–Crippen LogP) is 5.43. The Hall–Kier alpha value is -2.33. The van der Waals surface area contributed by atoms with E-state index in [1.54, 1.807) is 0 Å². The predicted molar refractivity (Wildman–Crippen MR) is 110 cm³/mol. The standard InChI is InChI=1S/C22H24N2OS/c1-6-10-24-16(4)12-19(17(24)5)20(25)13-26-21-11-15(3)18-9-7-8-14(2)22(18)23-21/h6-9,11-12H,1,10,13H2,2-5H3. The number of fused-ring (bicyclic) bond motifs is 1. The molecule has 0 aliphatic rings. The number of pyridine rings is 1. The summed E-state index contributed by atoms with van der Waals surface area (Å²) in [6.45, 7) is 12.7. The van der Waals surface area contributed by atoms with Crippen molar-refractivity contribution in [3.8, 4) is 0 Å². The molecule has 0 N–H and O–H groups in total. The zero-order valence-electron chi connectivity index (χ0n) is 15.8. The van der Waals surface area contributed by atoms with E-state index in [9.17, 15) is 4.79 Å². The van der Waals surface area contributed by atoms with Crippen molar-refractivity contribution in [1.29, 1.82) is 0 Å². The quantitative estimate of drug-likeness (QED) is 0.332. The molecule has 0 saturated heterocycles. The Morgan fingerprint density at radius 1 is 1.19 bits per heavy atom. The van der Waals surface area contributed by atoms with Crippen LogP contribution < -0.4 is 0 Å². The zero-order valence-corrected chi connectivity index (χ0v) is 16.6. The minimum absolute atomic E-state index is 0.141. The highest BCUT2D eigenvalue weighted by Gasteiger charge is 2.16. The fourth-order valence-corrected chi connectivity index (χ4v) is 4.17. The number of carbonyl (C=O) groups is 1. The first kappa shape index (κ1) is 18.5. The largest absolute Gasteiger partial charge is 0.345 e. The first-order valence-electron chi connectivity index (χ1n) is 8.73. The smallest absolute Gasteiger partial charge is 0.174 e. The molecule has 0 saturated carbocycles. The van der Waals surface area contributed by atoms with Crippen molar-refractivity contribution in [3.05, 3.63) is 71.1 Å². The number of allylic oxidation sites excluding steroid dienone is 1. The highest BCUT2D eigenvalue weighted by molar-refractivity contribution is 7.99. The van der Waals surface area contributed by atoms with Crippen LogP contribution in [0.5, 0.6) is 0 Å². The summed E-state index contributed by atoms with van der Waals surface area (Å²) in [4.78, 5) is 17.5. The number of aromatic nitrogens is 2. The van der Waals surface area contributed by atoms with Crippen molar-refractivity contribution in [2.75, 3.05) is 5.75 Å². The molecular weight excluding hydrogens is 340 g/mol. The third-order valence-electron chi connectivity index (χ3n) is 4.76. The van der Waals surface area contributed by atoms with Crippen molar-refractivity contribution >= 4 is 28.4 Å². The van der Waals surface area contributed by atoms with Crippen LogP contribution in [0.1, 0.15) is 32.9 Å². The average molecular weight is 365 g/mol. The summed E-state index contributed by atoms with van der Waals surface area (Å²) in [6.07, 6.45) is 1.85. The number of aryl methyl sites for hydroxylation is 3. The fraction of sp³-hybridized carbons (Fsp3) is 0.273. The second-order valence-electron chi connectivity index (χ2n) is 6.64. The molecule has 3 nitrogen and oxygen atoms in total. The van der Waals surface area contributed by atoms with Crippen LogP contribution in [0.2, 0.25) is 0 Å². The molecule has 0 bridgehead atoms. The van der Waals surface area contributed by atoms with Gasteiger partial charge in [-0.1, -0.05) is 36.0 Å². The van der Waals surface area contributed by atoms with Gasteiger partial charge in [-0.05, 0) is 51.0 Å². The Bertz CT molecular complexity index is 1000. The van der Waals surface area contributed by atoms with Gasteiger partial charge in [0, 0.05) is 28.9 Å². The lowest BCUT2D eigenvalue weighted by molar-refractivity contribution is 0.102. The lowest BCUT2D eigenvalue weighted by Gasteiger charge is -2.08. The van der Waals surface area contributed by atoms with Gasteiger partial charge in [0.1, 0.15) is 0 Å². The second kappa shape index (κ2) is 7.50. The van der Waals surface area contributed by atoms with Gasteiger partial charge in [0.2, 0.25) is 0 Å². The van der Waals surface area contributed by atoms with Crippen molar-refractivity contribution < 1.29 is 4.79 Å². The van der Waals surface area contributed by atoms with Gasteiger partial charge < -0.3 is 4.57 Å². The summed E-state index contributed by atoms with van der Waals surface area (Å²) in [5.74, 6) is 0.533. The Labute approximate surface area is 159 Å². The number of hydrogen-bond donors (Lipinski definition) is 0. The third kappa shape index (κ3) is 3.47. The van der Waals surface area contributed by atoms with Gasteiger partial charge in [-0.15, -0.1) is 6.58 Å². The SMILES string of the molecule is C=CCn1c(C)cc(C(=O)CSc2cc(C)c3cccc(C)c3n2)c1C. The van der Waals surface area contributed by atoms with Crippen LogP contribution in [0.4, 0.5) is 0 Å². The number of para-hydroxylation sites is 1. The Kier molecular flexibility index (Phi) is 5.33. The first-order valence-corrected chi connectivity index (χ1v) is 9.71. The lowest BCUT2D eigenvalue weighted by Crippen LogP contribution is -2.06. The van der Waals surface area contributed by atoms with Gasteiger partial charge in [-0.25, -0.2) is 4.98 Å². The number of ketones is 1. The summed E-state index contributed by atoms with van der Waals surface area (Å²) >= 11 is 1.51. The maximum absolute atomic E-state index is 12.7. The van der Waals surface area contributed by atoms with Gasteiger partial charge >= 0.3 is 0 Å². The van der Waals surface area contributed by atoms with E-state index in [2.05, 4.69) is 49.3 Å². The molecule has 0 atom stereocenters. The Morgan fingerprint density at radius 2 is 1.96 bits per heavy atom. The van der Waals surface area contributed by atoms with E-state index in [4.69, 9.17) is 4.98 Å². The van der Waals surface area contributed by atoms with E-state index in [1.807, 2.05) is 26.0 Å². The first-order chi connectivity index (χ1) is 12.4. The lowest BCUT2D eigenvalue weighted by atomic mass is 10.1. The van der Waals surface area contributed by atoms with Crippen molar-refractivity contribution in [2.24, 2.45) is 0 Å². The van der Waals surface area contributed by atoms with E-state index >= 15 is 0 Å². The third-order valence-corrected chi connectivity index (χ3v) is 5.67. The van der Waals surface area contributed by atoms with Crippen molar-refractivity contribution in [3.63, 3.8) is 0 Å². The molecule has 0 unspecified atom stereocenters. The highest BCUT2D eigenvalue weighted by Crippen LogP contribution is 2.27. The average Bonchev–Trinajstić information content (AvgIpc) is 2.89. The summed E-state index contributed by atoms with van der Waals surface area (Å²) in [7, 11) is 0. The number of thioether (sulfide) groups is 1. The maximum atomic E-state index is 12.7. The molecule has 26 heavy (non-hydrogen) atoms. The summed E-state index contributed by atoms with van der Waals surface area (Å²) in [5, 5.41) is 2.08. The molecule has 0 spiro atoms. The molecule has 3 rings (SSSR count). The maximum Gasteiger partial charge on any atom is 0.174 e. The molecular formula is C22H24N2OS. The van der Waals surface area contributed by atoms with Crippen LogP contribution >= 0.6 is 11.8 Å². The second-order valence-corrected chi connectivity index (χ2v) is 7.64. The number of nitrogens with zero attached hydrogens (tertiary/aromatic N) is 2. The van der Waals surface area contributed by atoms with Crippen LogP contribution in [0.25, 0.3) is 10.9 Å². The minimum atomic E-state index is 0.141. The normalized spacial score (nSPS) is 11.1. The molecule has 2 aromatic heterocycles. The monoisotopic (exact) mass is 364 g/mol. The number of rotatable bonds is 6. The molecule has 0 amide bonds. The van der Waals surface area contributed by atoms with E-state index in [1.165, 1.54) is 22.7 Å². The van der Waals surface area contributed by atoms with E-state index in [-0.39, 0.29) is 5.78 Å². The molecule has 3 aromatic rings. The number of carbonyl (C=O) groups excluding carboxylic acids is 1. The van der Waals surface area contributed by atoms with Crippen LogP contribution in [0.15, 0.2) is 48.0 Å². The van der Waals surface area contributed by atoms with E-state index < -0.39 is 0 Å². The van der Waals surface area contributed by atoms with E-state index in [0.717, 1.165) is 39.6 Å². The van der Waals surface area contributed by atoms with Gasteiger partial charge in [-0.3, -0.25) is 4.79 Å². The molecule has 0 aliphatic carbocycles. The number of hydrogen-bond acceptors (Lipinski definition) is 3. The number of Topliss-reactive ketones (excluding diaryl/α,β-unsaturated/α-hetero) is 1. The van der Waals surface area contributed by atoms with Crippen LogP contribution in [-0.4, -0.2) is 21.1 Å². The van der Waals surface area contributed by atoms with Crippen LogP contribution in [0.3, 0.4) is 0 Å². The van der Waals surface area contributed by atoms with Crippen LogP contribution in [0, 0.1) is 27.7 Å². The summed E-state index contributed by atoms with van der Waals surface area (Å²) in [5.41, 5.74) is 6.26. The van der Waals surface area contributed by atoms with Gasteiger partial charge in [-0.2, -0.15) is 0 Å². The molecule has 0 aliphatic heterocycles. The molecule has 4 heteroatoms. The van der Waals surface area contributed by atoms with Gasteiger partial charge in [0.15, 0.2) is 5.78 Å². The molecule has 2 heterocycles. The Balaban J connectivity index is 1.82. The van der Waals surface area contributed by atoms with Gasteiger partial charge in [0.05, 0.1) is 16.3 Å². The summed E-state index contributed by atoms with van der Waals surface area (Å²) < 4.78 is 2.12. The minimum Gasteiger partial charge on any atom is -0.345 e. The topological polar surface area (TPSA) is 34.9 Å². The highest BCUT2D eigenvalue weighted by atomic mass is 32.2. The molecule has 0 radical (unpaired) electrons. The summed E-state index contributed by atoms with van der Waals surface area (Å²) in [6, 6.07) is 10.3. The van der Waals surface area contributed by atoms with Crippen LogP contribution in [-0.2, 0) is 6.54 Å². The number of benzene rings is 1. The molecule has 134 valence electrons. The molecule has 1 aromatic carbocycles.